The summed E-state index contributed by atoms with van der Waals surface area (Å²) >= 11 is 0. The average Bonchev–Trinajstić information content (AvgIpc) is 3.04. The summed E-state index contributed by atoms with van der Waals surface area (Å²) in [4.78, 5) is 37.8. The molecule has 0 aliphatic heterocycles. The number of nitrogens with one attached hydrogen (secondary N) is 2. The van der Waals surface area contributed by atoms with Gasteiger partial charge in [-0.3, -0.25) is 25.1 Å². The molecular weight excluding hydrogens is 420 g/mol. The Morgan fingerprint density at radius 1 is 1.06 bits per heavy atom. The molecular formula is C25H28N4O4. The molecule has 0 spiro atoms. The molecule has 0 saturated heterocycles. The van der Waals surface area contributed by atoms with Crippen LogP contribution in [0.25, 0.3) is 0 Å². The Morgan fingerprint density at radius 3 is 2.36 bits per heavy atom. The van der Waals surface area contributed by atoms with E-state index in [2.05, 4.69) is 15.8 Å². The molecule has 0 aromatic heterocycles. The van der Waals surface area contributed by atoms with E-state index in [1.54, 1.807) is 0 Å². The van der Waals surface area contributed by atoms with Crippen LogP contribution in [0, 0.1) is 40.2 Å². The highest BCUT2D eigenvalue weighted by Gasteiger charge is 2.76. The molecule has 2 aromatic rings. The summed E-state index contributed by atoms with van der Waals surface area (Å²) in [6.45, 7) is 9.80. The minimum Gasteiger partial charge on any atom is -0.325 e. The van der Waals surface area contributed by atoms with Gasteiger partial charge in [0.15, 0.2) is 5.78 Å². The number of aryl methyl sites for hydroxylation is 2. The number of nitro benzene ring substituents is 1. The minimum absolute atomic E-state index is 0.0284. The number of hydrogen-bond acceptors (Lipinski definition) is 6. The number of hydrazone groups is 1. The van der Waals surface area contributed by atoms with Gasteiger partial charge in [-0.15, -0.1) is 0 Å². The van der Waals surface area contributed by atoms with Crippen LogP contribution in [0.4, 0.5) is 17.1 Å². The molecule has 8 nitrogen and oxygen atoms in total. The molecule has 1 amide bonds. The number of nitro groups is 1. The number of hydrogen-bond donors (Lipinski definition) is 2. The number of ketones is 1. The van der Waals surface area contributed by atoms with Gasteiger partial charge in [-0.05, 0) is 61.4 Å². The Kier molecular flexibility index (Phi) is 5.15. The number of Topliss-reactive ketones (excluding diaryl/α,β-unsaturated/α-hetero) is 1. The number of carbonyl (C=O) groups excluding carboxylic acids is 2. The van der Waals surface area contributed by atoms with E-state index in [9.17, 15) is 19.7 Å². The SMILES string of the molecule is Cc1ccc(C)c(NC(=O)C23CCC(C)(/C(=N/Nc4ccc([N+](=O)[O-])cc4)C2=O)C3(C)C)c1. The fourth-order valence-corrected chi connectivity index (χ4v) is 5.35. The first kappa shape index (κ1) is 22.6. The highest BCUT2D eigenvalue weighted by Crippen LogP contribution is 2.69. The lowest BCUT2D eigenvalue weighted by Crippen LogP contribution is -2.47. The molecule has 2 aliphatic carbocycles. The first-order valence-corrected chi connectivity index (χ1v) is 11.0. The number of fused-ring (bicyclic) bond motifs is 2. The number of rotatable bonds is 5. The fourth-order valence-electron chi connectivity index (χ4n) is 5.35. The third kappa shape index (κ3) is 3.15. The van der Waals surface area contributed by atoms with Crippen LogP contribution >= 0.6 is 0 Å². The van der Waals surface area contributed by atoms with Crippen molar-refractivity contribution in [3.63, 3.8) is 0 Å². The van der Waals surface area contributed by atoms with Crippen molar-refractivity contribution in [2.24, 2.45) is 21.3 Å². The lowest BCUT2D eigenvalue weighted by atomic mass is 9.64. The van der Waals surface area contributed by atoms with Crippen molar-refractivity contribution in [1.29, 1.82) is 0 Å². The van der Waals surface area contributed by atoms with Crippen LogP contribution in [-0.4, -0.2) is 22.3 Å². The molecule has 2 aromatic carbocycles. The summed E-state index contributed by atoms with van der Waals surface area (Å²) in [6, 6.07) is 11.7. The van der Waals surface area contributed by atoms with Crippen molar-refractivity contribution >= 4 is 34.5 Å². The predicted octanol–water partition coefficient (Wildman–Crippen LogP) is 5.01. The Hall–Kier alpha value is -3.55. The van der Waals surface area contributed by atoms with Gasteiger partial charge in [-0.25, -0.2) is 0 Å². The highest BCUT2D eigenvalue weighted by molar-refractivity contribution is 6.51. The molecule has 8 heteroatoms. The Bertz CT molecular complexity index is 1200. The van der Waals surface area contributed by atoms with Crippen molar-refractivity contribution in [3.05, 3.63) is 63.7 Å². The Morgan fingerprint density at radius 2 is 1.73 bits per heavy atom. The molecule has 2 fully saturated rings. The quantitative estimate of drug-likeness (QED) is 0.379. The summed E-state index contributed by atoms with van der Waals surface area (Å²) in [6.07, 6.45) is 1.12. The predicted molar refractivity (Wildman–Crippen MR) is 127 cm³/mol. The first-order chi connectivity index (χ1) is 15.4. The van der Waals surface area contributed by atoms with Gasteiger partial charge >= 0.3 is 0 Å². The number of amides is 1. The van der Waals surface area contributed by atoms with Crippen LogP contribution < -0.4 is 10.7 Å². The summed E-state index contributed by atoms with van der Waals surface area (Å²) in [5, 5.41) is 18.3. The van der Waals surface area contributed by atoms with Gasteiger partial charge in [0.1, 0.15) is 11.1 Å². The summed E-state index contributed by atoms with van der Waals surface area (Å²) < 4.78 is 0. The molecule has 172 valence electrons. The van der Waals surface area contributed by atoms with Gasteiger partial charge in [0.05, 0.1) is 10.6 Å². The molecule has 2 aliphatic rings. The topological polar surface area (TPSA) is 114 Å². The van der Waals surface area contributed by atoms with E-state index in [0.717, 1.165) is 11.1 Å². The largest absolute Gasteiger partial charge is 0.325 e. The lowest BCUT2D eigenvalue weighted by molar-refractivity contribution is -0.384. The number of non-ortho nitro benzene ring substituents is 1. The van der Waals surface area contributed by atoms with E-state index >= 15 is 0 Å². The smallest absolute Gasteiger partial charge is 0.269 e. The van der Waals surface area contributed by atoms with E-state index in [4.69, 9.17) is 0 Å². The van der Waals surface area contributed by atoms with Crippen LogP contribution in [0.1, 0.15) is 44.7 Å². The minimum atomic E-state index is -1.21. The maximum absolute atomic E-state index is 13.7. The van der Waals surface area contributed by atoms with Gasteiger partial charge in [0.2, 0.25) is 5.91 Å². The summed E-state index contributed by atoms with van der Waals surface area (Å²) in [5.74, 6) is -0.561. The fraction of sp³-hybridized carbons (Fsp3) is 0.400. The number of carbonyl (C=O) groups is 2. The van der Waals surface area contributed by atoms with E-state index in [1.807, 2.05) is 52.8 Å². The third-order valence-electron chi connectivity index (χ3n) is 7.98. The van der Waals surface area contributed by atoms with E-state index in [-0.39, 0.29) is 17.4 Å². The van der Waals surface area contributed by atoms with Crippen molar-refractivity contribution < 1.29 is 14.5 Å². The lowest BCUT2D eigenvalue weighted by Gasteiger charge is -2.37. The van der Waals surface area contributed by atoms with Crippen molar-refractivity contribution in [2.75, 3.05) is 10.7 Å². The average molecular weight is 449 g/mol. The standard InChI is InChI=1S/C25H28N4O4/c1-15-6-7-16(2)19(14-15)26-22(31)25-13-12-24(5,23(25,3)4)20(21(25)30)28-27-17-8-10-18(11-9-17)29(32)33/h6-11,14,27H,12-13H2,1-5H3,(H,26,31)/b28-20+. The molecule has 2 atom stereocenters. The Labute approximate surface area is 192 Å². The Balaban J connectivity index is 1.67. The molecule has 2 bridgehead atoms. The normalized spacial score (nSPS) is 26.5. The number of benzene rings is 2. The van der Waals surface area contributed by atoms with Crippen LogP contribution in [0.5, 0.6) is 0 Å². The second-order valence-electron chi connectivity index (χ2n) is 9.84. The molecule has 33 heavy (non-hydrogen) atoms. The van der Waals surface area contributed by atoms with Crippen molar-refractivity contribution in [3.8, 4) is 0 Å². The monoisotopic (exact) mass is 448 g/mol. The molecule has 0 radical (unpaired) electrons. The highest BCUT2D eigenvalue weighted by atomic mass is 16.6. The van der Waals surface area contributed by atoms with Gasteiger partial charge in [-0.1, -0.05) is 32.9 Å². The van der Waals surface area contributed by atoms with Gasteiger partial charge in [0, 0.05) is 23.2 Å². The molecule has 0 heterocycles. The van der Waals surface area contributed by atoms with E-state index in [1.165, 1.54) is 24.3 Å². The van der Waals surface area contributed by atoms with Crippen LogP contribution in [0.15, 0.2) is 47.6 Å². The van der Waals surface area contributed by atoms with Gasteiger partial charge < -0.3 is 5.32 Å². The van der Waals surface area contributed by atoms with Gasteiger partial charge in [0.25, 0.3) is 5.69 Å². The maximum Gasteiger partial charge on any atom is 0.269 e. The zero-order valence-corrected chi connectivity index (χ0v) is 19.5. The third-order valence-corrected chi connectivity index (χ3v) is 7.98. The summed E-state index contributed by atoms with van der Waals surface area (Å²) in [5.41, 5.74) is 3.93. The van der Waals surface area contributed by atoms with Crippen LogP contribution in [0.2, 0.25) is 0 Å². The second-order valence-corrected chi connectivity index (χ2v) is 9.84. The second kappa shape index (κ2) is 7.50. The number of nitrogens with zero attached hydrogens (tertiary/aromatic N) is 2. The number of anilines is 2. The van der Waals surface area contributed by atoms with Gasteiger partial charge in [-0.2, -0.15) is 5.10 Å². The molecule has 2 unspecified atom stereocenters. The molecule has 2 N–H and O–H groups in total. The zero-order chi connectivity index (χ0) is 24.2. The molecule has 4 rings (SSSR count). The first-order valence-electron chi connectivity index (χ1n) is 11.0. The van der Waals surface area contributed by atoms with Crippen LogP contribution in [-0.2, 0) is 9.59 Å². The van der Waals surface area contributed by atoms with E-state index < -0.39 is 21.2 Å². The summed E-state index contributed by atoms with van der Waals surface area (Å²) in [7, 11) is 0. The van der Waals surface area contributed by atoms with Crippen molar-refractivity contribution in [2.45, 2.75) is 47.5 Å². The maximum atomic E-state index is 13.7. The van der Waals surface area contributed by atoms with Crippen LogP contribution in [0.3, 0.4) is 0 Å². The van der Waals surface area contributed by atoms with E-state index in [0.29, 0.717) is 29.9 Å². The van der Waals surface area contributed by atoms with Crippen molar-refractivity contribution in [1.82, 2.24) is 0 Å². The zero-order valence-electron chi connectivity index (χ0n) is 19.5. The molecule has 2 saturated carbocycles.